The molecule has 1 aliphatic carbocycles. The quantitative estimate of drug-likeness (QED) is 0.642. The Kier molecular flexibility index (Phi) is 4.24. The van der Waals surface area contributed by atoms with Crippen LogP contribution in [0, 0.1) is 0 Å². The van der Waals surface area contributed by atoms with Gasteiger partial charge in [0.05, 0.1) is 0 Å². The second-order valence-electron chi connectivity index (χ2n) is 7.08. The molecule has 6 nitrogen and oxygen atoms in total. The zero-order chi connectivity index (χ0) is 19.8. The summed E-state index contributed by atoms with van der Waals surface area (Å²) in [5.41, 5.74) is 4.85. The molecule has 1 atom stereocenters. The standard InChI is InChI=1S/C23H18N2O4/c26-22-20(12-15-6-5-11-24-13-15)25(14-28-22)23(27)29-21-18-9-3-1-7-16(18)17-8-2-4-10-19(17)21/h1-11,13,20-21H,12,14H2/t20-/m0/s1. The molecule has 29 heavy (non-hydrogen) atoms. The third-order valence-electron chi connectivity index (χ3n) is 5.38. The first-order valence-electron chi connectivity index (χ1n) is 9.43. The lowest BCUT2D eigenvalue weighted by Gasteiger charge is -2.23. The molecule has 2 heterocycles. The molecule has 1 amide bonds. The van der Waals surface area contributed by atoms with E-state index in [-0.39, 0.29) is 6.73 Å². The monoisotopic (exact) mass is 386 g/mol. The number of ether oxygens (including phenoxy) is 2. The van der Waals surface area contributed by atoms with E-state index in [0.717, 1.165) is 27.8 Å². The summed E-state index contributed by atoms with van der Waals surface area (Å²) in [6.45, 7) is -0.112. The highest BCUT2D eigenvalue weighted by Crippen LogP contribution is 2.45. The molecule has 3 aromatic rings. The molecule has 5 rings (SSSR count). The third-order valence-corrected chi connectivity index (χ3v) is 5.38. The van der Waals surface area contributed by atoms with Crippen LogP contribution < -0.4 is 0 Å². The van der Waals surface area contributed by atoms with Crippen LogP contribution in [0.25, 0.3) is 11.1 Å². The van der Waals surface area contributed by atoms with Crippen molar-refractivity contribution in [2.24, 2.45) is 0 Å². The lowest BCUT2D eigenvalue weighted by molar-refractivity contribution is -0.139. The number of esters is 1. The number of hydrogen-bond donors (Lipinski definition) is 0. The van der Waals surface area contributed by atoms with Gasteiger partial charge in [-0.1, -0.05) is 54.6 Å². The van der Waals surface area contributed by atoms with Crippen LogP contribution in [0.3, 0.4) is 0 Å². The van der Waals surface area contributed by atoms with Gasteiger partial charge >= 0.3 is 12.1 Å². The minimum absolute atomic E-state index is 0.112. The maximum atomic E-state index is 13.0. The summed E-state index contributed by atoms with van der Waals surface area (Å²) in [5.74, 6) is -0.432. The molecule has 0 radical (unpaired) electrons. The number of pyridine rings is 1. The van der Waals surface area contributed by atoms with E-state index < -0.39 is 24.2 Å². The van der Waals surface area contributed by atoms with Gasteiger partial charge in [0, 0.05) is 29.9 Å². The van der Waals surface area contributed by atoms with Gasteiger partial charge < -0.3 is 9.47 Å². The number of rotatable bonds is 3. The molecule has 0 unspecified atom stereocenters. The van der Waals surface area contributed by atoms with Crippen molar-refractivity contribution in [3.63, 3.8) is 0 Å². The largest absolute Gasteiger partial charge is 0.442 e. The minimum atomic E-state index is -0.724. The molecule has 0 spiro atoms. The zero-order valence-corrected chi connectivity index (χ0v) is 15.5. The molecule has 0 N–H and O–H groups in total. The first kappa shape index (κ1) is 17.4. The summed E-state index contributed by atoms with van der Waals surface area (Å²) in [5, 5.41) is 0. The van der Waals surface area contributed by atoms with Crippen molar-refractivity contribution in [3.05, 3.63) is 89.7 Å². The van der Waals surface area contributed by atoms with E-state index in [9.17, 15) is 9.59 Å². The van der Waals surface area contributed by atoms with E-state index >= 15 is 0 Å². The van der Waals surface area contributed by atoms with Gasteiger partial charge in [0.1, 0.15) is 6.04 Å². The smallest absolute Gasteiger partial charge is 0.414 e. The Morgan fingerprint density at radius 1 is 1.03 bits per heavy atom. The molecule has 6 heteroatoms. The normalized spacial score (nSPS) is 17.6. The second kappa shape index (κ2) is 7.05. The fourth-order valence-corrected chi connectivity index (χ4v) is 3.97. The topological polar surface area (TPSA) is 68.7 Å². The Labute approximate surface area is 167 Å². The summed E-state index contributed by atoms with van der Waals surface area (Å²) in [6.07, 6.45) is 2.60. The molecule has 1 fully saturated rings. The summed E-state index contributed by atoms with van der Waals surface area (Å²) in [6, 6.07) is 18.7. The highest BCUT2D eigenvalue weighted by atomic mass is 16.6. The lowest BCUT2D eigenvalue weighted by atomic mass is 10.1. The summed E-state index contributed by atoms with van der Waals surface area (Å²) in [4.78, 5) is 30.7. The molecule has 0 bridgehead atoms. The summed E-state index contributed by atoms with van der Waals surface area (Å²) in [7, 11) is 0. The van der Waals surface area contributed by atoms with Crippen LogP contribution in [0.2, 0.25) is 0 Å². The average Bonchev–Trinajstić information content (AvgIpc) is 3.28. The van der Waals surface area contributed by atoms with Gasteiger partial charge in [-0.2, -0.15) is 0 Å². The van der Waals surface area contributed by atoms with Gasteiger partial charge in [0.15, 0.2) is 12.8 Å². The van der Waals surface area contributed by atoms with Gasteiger partial charge in [0.2, 0.25) is 0 Å². The van der Waals surface area contributed by atoms with Crippen LogP contribution >= 0.6 is 0 Å². The molecule has 1 aromatic heterocycles. The Morgan fingerprint density at radius 3 is 2.38 bits per heavy atom. The fourth-order valence-electron chi connectivity index (χ4n) is 3.97. The lowest BCUT2D eigenvalue weighted by Crippen LogP contribution is -2.40. The average molecular weight is 386 g/mol. The van der Waals surface area contributed by atoms with E-state index in [1.807, 2.05) is 54.6 Å². The van der Waals surface area contributed by atoms with Crippen LogP contribution in [0.4, 0.5) is 4.79 Å². The van der Waals surface area contributed by atoms with Gasteiger partial charge in [-0.3, -0.25) is 9.88 Å². The van der Waals surface area contributed by atoms with Crippen molar-refractivity contribution in [1.29, 1.82) is 0 Å². The fraction of sp³-hybridized carbons (Fsp3) is 0.174. The number of fused-ring (bicyclic) bond motifs is 3. The van der Waals surface area contributed by atoms with Crippen molar-refractivity contribution in [2.45, 2.75) is 18.6 Å². The minimum Gasteiger partial charge on any atom is -0.442 e. The first-order valence-corrected chi connectivity index (χ1v) is 9.43. The zero-order valence-electron chi connectivity index (χ0n) is 15.5. The van der Waals surface area contributed by atoms with Crippen molar-refractivity contribution in [3.8, 4) is 11.1 Å². The number of carbonyl (C=O) groups is 2. The predicted octanol–water partition coefficient (Wildman–Crippen LogP) is 3.72. The van der Waals surface area contributed by atoms with Gasteiger partial charge in [0.25, 0.3) is 0 Å². The number of hydrogen-bond acceptors (Lipinski definition) is 5. The van der Waals surface area contributed by atoms with E-state index in [1.54, 1.807) is 18.5 Å². The van der Waals surface area contributed by atoms with Crippen molar-refractivity contribution >= 4 is 12.1 Å². The highest BCUT2D eigenvalue weighted by Gasteiger charge is 2.41. The molecular formula is C23H18N2O4. The van der Waals surface area contributed by atoms with Crippen LogP contribution in [0.1, 0.15) is 22.8 Å². The van der Waals surface area contributed by atoms with Crippen molar-refractivity contribution < 1.29 is 19.1 Å². The summed E-state index contributed by atoms with van der Waals surface area (Å²) >= 11 is 0. The molecule has 2 aliphatic rings. The Hall–Kier alpha value is -3.67. The van der Waals surface area contributed by atoms with Crippen LogP contribution in [0.15, 0.2) is 73.1 Å². The number of amides is 1. The second-order valence-corrected chi connectivity index (χ2v) is 7.08. The Balaban J connectivity index is 1.41. The Bertz CT molecular complexity index is 1040. The van der Waals surface area contributed by atoms with E-state index in [4.69, 9.17) is 9.47 Å². The van der Waals surface area contributed by atoms with Crippen molar-refractivity contribution in [2.75, 3.05) is 6.73 Å². The number of nitrogens with zero attached hydrogens (tertiary/aromatic N) is 2. The van der Waals surface area contributed by atoms with Gasteiger partial charge in [-0.15, -0.1) is 0 Å². The van der Waals surface area contributed by atoms with E-state index in [2.05, 4.69) is 4.98 Å². The molecular weight excluding hydrogens is 368 g/mol. The highest BCUT2D eigenvalue weighted by molar-refractivity contribution is 5.85. The number of cyclic esters (lactones) is 1. The molecule has 2 aromatic carbocycles. The van der Waals surface area contributed by atoms with Crippen LogP contribution in [-0.2, 0) is 20.7 Å². The van der Waals surface area contributed by atoms with Crippen LogP contribution in [0.5, 0.6) is 0 Å². The molecule has 0 saturated carbocycles. The Morgan fingerprint density at radius 2 is 1.72 bits per heavy atom. The first-order chi connectivity index (χ1) is 14.2. The number of carbonyl (C=O) groups excluding carboxylic acids is 2. The molecule has 1 aliphatic heterocycles. The van der Waals surface area contributed by atoms with Gasteiger partial charge in [-0.25, -0.2) is 9.59 Å². The number of benzene rings is 2. The van der Waals surface area contributed by atoms with Gasteiger partial charge in [-0.05, 0) is 22.8 Å². The SMILES string of the molecule is O=C1OCN(C(=O)OC2c3ccccc3-c3ccccc32)[C@H]1Cc1cccnc1. The predicted molar refractivity (Wildman–Crippen MR) is 105 cm³/mol. The third kappa shape index (κ3) is 3.02. The maximum absolute atomic E-state index is 13.0. The van der Waals surface area contributed by atoms with E-state index in [1.165, 1.54) is 4.90 Å². The van der Waals surface area contributed by atoms with E-state index in [0.29, 0.717) is 6.42 Å². The molecule has 1 saturated heterocycles. The van der Waals surface area contributed by atoms with Crippen LogP contribution in [-0.4, -0.2) is 34.7 Å². The number of aromatic nitrogens is 1. The molecule has 144 valence electrons. The van der Waals surface area contributed by atoms with Crippen molar-refractivity contribution in [1.82, 2.24) is 9.88 Å². The summed E-state index contributed by atoms with van der Waals surface area (Å²) < 4.78 is 11.0. The maximum Gasteiger partial charge on any atom is 0.414 e.